The standard InChI is InChI=1S/C17H12NOS.W/c1-2-3-4-7-14-10-13(12-20-14)11-16-15-8-5-6-9-17(15)19-18-16;/h1-6,8-10,12H,11H2;/q-1;/b4-3-;. The van der Waals surface area contributed by atoms with Crippen LogP contribution in [0.25, 0.3) is 11.0 Å². The van der Waals surface area contributed by atoms with E-state index in [-0.39, 0.29) is 0 Å². The fourth-order valence-electron chi connectivity index (χ4n) is 2.08. The van der Waals surface area contributed by atoms with E-state index in [1.165, 1.54) is 33.7 Å². The van der Waals surface area contributed by atoms with Crippen molar-refractivity contribution in [2.75, 3.05) is 0 Å². The number of hydrogen-bond donors (Lipinski definition) is 0. The Balaban J connectivity index is 1.83. The van der Waals surface area contributed by atoms with Gasteiger partial charge < -0.3 is 0 Å². The molecule has 1 aromatic carbocycles. The SMILES string of the molecule is [CH-]=C/C=C\[C](=[W])c1cc(Cc2noc3ccccc23)cs1. The third-order valence-electron chi connectivity index (χ3n) is 3.08. The Morgan fingerprint density at radius 3 is 3.10 bits per heavy atom. The summed E-state index contributed by atoms with van der Waals surface area (Å²) in [4.78, 5) is 1.28. The molecule has 0 amide bonds. The molecule has 0 aliphatic rings. The predicted molar refractivity (Wildman–Crippen MR) is 83.3 cm³/mol. The van der Waals surface area contributed by atoms with Crippen molar-refractivity contribution in [1.82, 2.24) is 5.16 Å². The molecule has 0 atom stereocenters. The summed E-state index contributed by atoms with van der Waals surface area (Å²) in [6.45, 7) is 5.37. The molecule has 3 rings (SSSR count). The van der Waals surface area contributed by atoms with Crippen LogP contribution in [0.1, 0.15) is 16.1 Å². The third kappa shape index (κ3) is 3.20. The Morgan fingerprint density at radius 1 is 1.38 bits per heavy atom. The Bertz CT molecular complexity index is 828. The molecule has 0 unspecified atom stereocenters. The molecule has 21 heavy (non-hydrogen) atoms. The number of nitrogens with zero attached hydrogens (tertiary/aromatic N) is 1. The van der Waals surface area contributed by atoms with Crippen LogP contribution < -0.4 is 0 Å². The van der Waals surface area contributed by atoms with Gasteiger partial charge in [-0.2, -0.15) is 0 Å². The Morgan fingerprint density at radius 2 is 2.24 bits per heavy atom. The predicted octanol–water partition coefficient (Wildman–Crippen LogP) is 4.09. The van der Waals surface area contributed by atoms with E-state index in [0.717, 1.165) is 23.1 Å². The summed E-state index contributed by atoms with van der Waals surface area (Å²) in [6, 6.07) is 10.2. The number of aromatic nitrogens is 1. The fourth-order valence-corrected chi connectivity index (χ4v) is 3.93. The number of thiophene rings is 1. The van der Waals surface area contributed by atoms with Gasteiger partial charge in [0.05, 0.1) is 0 Å². The molecule has 0 bridgehead atoms. The van der Waals surface area contributed by atoms with Crippen LogP contribution >= 0.6 is 11.3 Å². The van der Waals surface area contributed by atoms with Crippen molar-refractivity contribution in [3.63, 3.8) is 0 Å². The summed E-state index contributed by atoms with van der Waals surface area (Å²) in [6.07, 6.45) is 6.27. The van der Waals surface area contributed by atoms with E-state index in [9.17, 15) is 0 Å². The van der Waals surface area contributed by atoms with E-state index in [0.29, 0.717) is 0 Å². The first-order chi connectivity index (χ1) is 10.3. The van der Waals surface area contributed by atoms with E-state index in [1.807, 2.05) is 24.3 Å². The van der Waals surface area contributed by atoms with E-state index in [2.05, 4.69) is 28.7 Å². The fraction of sp³-hybridized carbons (Fsp3) is 0.0588. The van der Waals surface area contributed by atoms with Crippen molar-refractivity contribution >= 4 is 26.2 Å². The monoisotopic (exact) mass is 462 g/mol. The molecular weight excluding hydrogens is 450 g/mol. The number of allylic oxidation sites excluding steroid dienone is 3. The zero-order valence-corrected chi connectivity index (χ0v) is 14.9. The van der Waals surface area contributed by atoms with Gasteiger partial charge in [-0.25, -0.2) is 0 Å². The summed E-state index contributed by atoms with van der Waals surface area (Å²) in [5.41, 5.74) is 3.10. The molecule has 0 fully saturated rings. The normalized spacial score (nSPS) is 11.2. The van der Waals surface area contributed by atoms with Gasteiger partial charge in [0.15, 0.2) is 0 Å². The van der Waals surface area contributed by atoms with Crippen molar-refractivity contribution < 1.29 is 23.9 Å². The molecule has 0 saturated heterocycles. The summed E-state index contributed by atoms with van der Waals surface area (Å²) in [7, 11) is 0. The van der Waals surface area contributed by atoms with E-state index >= 15 is 0 Å². The first-order valence-corrected chi connectivity index (χ1v) is 8.79. The van der Waals surface area contributed by atoms with Crippen molar-refractivity contribution in [3.05, 3.63) is 76.7 Å². The zero-order chi connectivity index (χ0) is 14.7. The van der Waals surface area contributed by atoms with Gasteiger partial charge in [-0.3, -0.25) is 0 Å². The second kappa shape index (κ2) is 6.46. The second-order valence-corrected chi connectivity index (χ2v) is 7.03. The third-order valence-corrected chi connectivity index (χ3v) is 5.88. The van der Waals surface area contributed by atoms with Crippen LogP contribution in [-0.4, -0.2) is 9.05 Å². The summed E-state index contributed by atoms with van der Waals surface area (Å²) in [5.74, 6) is 0. The second-order valence-electron chi connectivity index (χ2n) is 4.54. The molecule has 2 aromatic heterocycles. The van der Waals surface area contributed by atoms with Gasteiger partial charge in [0.1, 0.15) is 0 Å². The molecule has 2 nitrogen and oxygen atoms in total. The topological polar surface area (TPSA) is 26.0 Å². The number of hydrogen-bond acceptors (Lipinski definition) is 3. The van der Waals surface area contributed by atoms with E-state index in [4.69, 9.17) is 11.1 Å². The first-order valence-electron chi connectivity index (χ1n) is 6.44. The molecule has 0 N–H and O–H groups in total. The summed E-state index contributed by atoms with van der Waals surface area (Å²) in [5, 5.41) is 7.46. The van der Waals surface area contributed by atoms with Crippen LogP contribution in [0.2, 0.25) is 0 Å². The summed E-state index contributed by atoms with van der Waals surface area (Å²) < 4.78 is 6.64. The van der Waals surface area contributed by atoms with Crippen molar-refractivity contribution in [2.45, 2.75) is 6.42 Å². The average Bonchev–Trinajstić information content (AvgIpc) is 3.13. The number of benzene rings is 1. The van der Waals surface area contributed by atoms with Gasteiger partial charge in [-0.05, 0) is 0 Å². The van der Waals surface area contributed by atoms with Crippen LogP contribution in [0.15, 0.2) is 58.5 Å². The van der Waals surface area contributed by atoms with Crippen molar-refractivity contribution in [3.8, 4) is 0 Å². The minimum atomic E-state index is 0.794. The van der Waals surface area contributed by atoms with Crippen LogP contribution in [0.5, 0.6) is 0 Å². The molecular formula is C17H12NOSW-. The number of fused-ring (bicyclic) bond motifs is 1. The van der Waals surface area contributed by atoms with Gasteiger partial charge in [-0.1, -0.05) is 0 Å². The molecule has 0 aliphatic heterocycles. The van der Waals surface area contributed by atoms with E-state index in [1.54, 1.807) is 17.4 Å². The van der Waals surface area contributed by atoms with Crippen LogP contribution in [-0.2, 0) is 25.8 Å². The molecule has 0 aliphatic carbocycles. The molecule has 2 heterocycles. The average molecular weight is 462 g/mol. The van der Waals surface area contributed by atoms with Gasteiger partial charge in [-0.15, -0.1) is 0 Å². The number of rotatable bonds is 5. The zero-order valence-electron chi connectivity index (χ0n) is 11.2. The molecule has 0 radical (unpaired) electrons. The van der Waals surface area contributed by atoms with Crippen LogP contribution in [0.4, 0.5) is 0 Å². The van der Waals surface area contributed by atoms with Gasteiger partial charge >= 0.3 is 138 Å². The van der Waals surface area contributed by atoms with Crippen LogP contribution in [0.3, 0.4) is 0 Å². The molecule has 4 heteroatoms. The molecule has 3 aromatic rings. The van der Waals surface area contributed by atoms with Gasteiger partial charge in [0.25, 0.3) is 0 Å². The molecule has 104 valence electrons. The summed E-state index contributed by atoms with van der Waals surface area (Å²) >= 11 is 3.19. The van der Waals surface area contributed by atoms with Crippen LogP contribution in [0, 0.1) is 6.58 Å². The molecule has 0 saturated carbocycles. The van der Waals surface area contributed by atoms with E-state index < -0.39 is 0 Å². The Kier molecular flexibility index (Phi) is 4.42. The number of para-hydroxylation sites is 1. The first kappa shape index (κ1) is 14.4. The molecule has 0 spiro atoms. The van der Waals surface area contributed by atoms with Crippen molar-refractivity contribution in [1.29, 1.82) is 0 Å². The quantitative estimate of drug-likeness (QED) is 0.422. The Hall–Kier alpha value is -1.57. The van der Waals surface area contributed by atoms with Gasteiger partial charge in [0, 0.05) is 0 Å². The van der Waals surface area contributed by atoms with Crippen molar-refractivity contribution in [2.24, 2.45) is 0 Å². The van der Waals surface area contributed by atoms with Gasteiger partial charge in [0.2, 0.25) is 0 Å². The maximum atomic E-state index is 5.37. The Labute approximate surface area is 138 Å². The maximum absolute atomic E-state index is 5.37. The minimum absolute atomic E-state index is 0.794.